The highest BCUT2D eigenvalue weighted by Crippen LogP contribution is 2.45. The van der Waals surface area contributed by atoms with E-state index in [0.29, 0.717) is 22.6 Å². The lowest BCUT2D eigenvalue weighted by molar-refractivity contribution is -0.125. The van der Waals surface area contributed by atoms with Crippen molar-refractivity contribution in [1.82, 2.24) is 4.90 Å². The van der Waals surface area contributed by atoms with E-state index >= 15 is 0 Å². The SMILES string of the molecule is CC1C(c2ccc3c(c2)NC(=O)CO3)=C(c2ccc(F)cc2)C(=O)N1C1CC1. The third-order valence-electron chi connectivity index (χ3n) is 5.55. The minimum atomic E-state index is -0.336. The van der Waals surface area contributed by atoms with Gasteiger partial charge in [-0.1, -0.05) is 18.2 Å². The highest BCUT2D eigenvalue weighted by atomic mass is 19.1. The van der Waals surface area contributed by atoms with Crippen LogP contribution in [-0.2, 0) is 9.59 Å². The molecular weight excluding hydrogens is 359 g/mol. The Morgan fingerprint density at radius 3 is 2.50 bits per heavy atom. The molecule has 1 fully saturated rings. The molecule has 0 spiro atoms. The molecule has 2 aromatic rings. The summed E-state index contributed by atoms with van der Waals surface area (Å²) in [6, 6.07) is 11.8. The number of hydrogen-bond acceptors (Lipinski definition) is 3. The molecule has 2 amide bonds. The first kappa shape index (κ1) is 17.0. The Morgan fingerprint density at radius 2 is 1.79 bits per heavy atom. The van der Waals surface area contributed by atoms with Crippen LogP contribution in [0.25, 0.3) is 11.1 Å². The number of carbonyl (C=O) groups is 2. The molecule has 5 rings (SSSR count). The molecule has 28 heavy (non-hydrogen) atoms. The summed E-state index contributed by atoms with van der Waals surface area (Å²) in [5.41, 5.74) is 3.65. The maximum absolute atomic E-state index is 13.4. The first-order chi connectivity index (χ1) is 13.5. The smallest absolute Gasteiger partial charge is 0.262 e. The lowest BCUT2D eigenvalue weighted by Crippen LogP contribution is -2.35. The van der Waals surface area contributed by atoms with Gasteiger partial charge in [0.25, 0.3) is 11.8 Å². The highest BCUT2D eigenvalue weighted by molar-refractivity contribution is 6.31. The zero-order chi connectivity index (χ0) is 19.4. The molecular formula is C22H19FN2O3. The van der Waals surface area contributed by atoms with Crippen LogP contribution >= 0.6 is 0 Å². The Kier molecular flexibility index (Phi) is 3.75. The number of nitrogens with zero attached hydrogens (tertiary/aromatic N) is 1. The van der Waals surface area contributed by atoms with Crippen molar-refractivity contribution in [3.8, 4) is 5.75 Å². The van der Waals surface area contributed by atoms with Gasteiger partial charge >= 0.3 is 0 Å². The number of nitrogens with one attached hydrogen (secondary N) is 1. The van der Waals surface area contributed by atoms with Crippen molar-refractivity contribution in [2.45, 2.75) is 31.8 Å². The van der Waals surface area contributed by atoms with Crippen LogP contribution in [-0.4, -0.2) is 35.4 Å². The number of benzene rings is 2. The van der Waals surface area contributed by atoms with E-state index in [4.69, 9.17) is 4.74 Å². The van der Waals surface area contributed by atoms with Gasteiger partial charge in [0.05, 0.1) is 17.3 Å². The zero-order valence-corrected chi connectivity index (χ0v) is 15.4. The van der Waals surface area contributed by atoms with E-state index < -0.39 is 0 Å². The van der Waals surface area contributed by atoms with E-state index in [-0.39, 0.29) is 36.3 Å². The molecule has 1 saturated carbocycles. The van der Waals surface area contributed by atoms with Gasteiger partial charge in [-0.25, -0.2) is 4.39 Å². The second kappa shape index (κ2) is 6.19. The fourth-order valence-corrected chi connectivity index (χ4v) is 4.13. The van der Waals surface area contributed by atoms with Crippen LogP contribution in [0.2, 0.25) is 0 Å². The molecule has 0 bridgehead atoms. The monoisotopic (exact) mass is 378 g/mol. The molecule has 3 aliphatic rings. The second-order valence-electron chi connectivity index (χ2n) is 7.46. The number of amides is 2. The molecule has 6 heteroatoms. The fraction of sp³-hybridized carbons (Fsp3) is 0.273. The van der Waals surface area contributed by atoms with Crippen molar-refractivity contribution in [2.24, 2.45) is 0 Å². The van der Waals surface area contributed by atoms with Gasteiger partial charge in [-0.15, -0.1) is 0 Å². The van der Waals surface area contributed by atoms with E-state index in [9.17, 15) is 14.0 Å². The third kappa shape index (κ3) is 2.68. The molecule has 0 aromatic heterocycles. The van der Waals surface area contributed by atoms with E-state index in [1.54, 1.807) is 12.1 Å². The van der Waals surface area contributed by atoms with Gasteiger partial charge in [-0.3, -0.25) is 9.59 Å². The molecule has 2 aliphatic heterocycles. The molecule has 1 unspecified atom stereocenters. The van der Waals surface area contributed by atoms with Crippen molar-refractivity contribution >= 4 is 28.6 Å². The zero-order valence-electron chi connectivity index (χ0n) is 15.4. The molecule has 2 aromatic carbocycles. The highest BCUT2D eigenvalue weighted by Gasteiger charge is 2.45. The molecule has 1 aliphatic carbocycles. The molecule has 5 nitrogen and oxygen atoms in total. The molecule has 0 radical (unpaired) electrons. The van der Waals surface area contributed by atoms with Crippen LogP contribution in [0.4, 0.5) is 10.1 Å². The summed E-state index contributed by atoms with van der Waals surface area (Å²) < 4.78 is 18.9. The predicted octanol–water partition coefficient (Wildman–Crippen LogP) is 3.46. The maximum Gasteiger partial charge on any atom is 0.262 e. The standard InChI is InChI=1S/C22H19FN2O3/c1-12-20(14-4-9-18-17(10-14)24-19(26)11-28-18)21(13-2-5-15(23)6-3-13)22(27)25(12)16-7-8-16/h2-6,9-10,12,16H,7-8,11H2,1H3,(H,24,26). The van der Waals surface area contributed by atoms with Crippen molar-refractivity contribution in [1.29, 1.82) is 0 Å². The predicted molar refractivity (Wildman–Crippen MR) is 103 cm³/mol. The lowest BCUT2D eigenvalue weighted by atomic mass is 9.93. The Hall–Kier alpha value is -3.15. The summed E-state index contributed by atoms with van der Waals surface area (Å²) in [5.74, 6) is 0.0579. The van der Waals surface area contributed by atoms with Gasteiger partial charge in [0.1, 0.15) is 11.6 Å². The first-order valence-electron chi connectivity index (χ1n) is 9.43. The number of fused-ring (bicyclic) bond motifs is 1. The van der Waals surface area contributed by atoms with Crippen molar-refractivity contribution in [3.05, 3.63) is 59.4 Å². The minimum absolute atomic E-state index is 0.000217. The third-order valence-corrected chi connectivity index (χ3v) is 5.55. The van der Waals surface area contributed by atoms with Gasteiger partial charge in [-0.05, 0) is 60.7 Å². The van der Waals surface area contributed by atoms with E-state index in [2.05, 4.69) is 5.32 Å². The van der Waals surface area contributed by atoms with Gasteiger partial charge in [-0.2, -0.15) is 0 Å². The van der Waals surface area contributed by atoms with Gasteiger partial charge in [0, 0.05) is 6.04 Å². The number of rotatable bonds is 3. The van der Waals surface area contributed by atoms with E-state index in [0.717, 1.165) is 24.0 Å². The molecule has 1 atom stereocenters. The number of carbonyl (C=O) groups excluding carboxylic acids is 2. The lowest BCUT2D eigenvalue weighted by Gasteiger charge is -2.24. The normalized spacial score (nSPS) is 21.5. The summed E-state index contributed by atoms with van der Waals surface area (Å²) in [4.78, 5) is 26.9. The summed E-state index contributed by atoms with van der Waals surface area (Å²) in [7, 11) is 0. The van der Waals surface area contributed by atoms with Crippen molar-refractivity contribution < 1.29 is 18.7 Å². The average Bonchev–Trinajstić information content (AvgIpc) is 3.47. The number of hydrogen-bond donors (Lipinski definition) is 1. The van der Waals surface area contributed by atoms with Crippen LogP contribution < -0.4 is 10.1 Å². The Balaban J connectivity index is 1.66. The summed E-state index contributed by atoms with van der Waals surface area (Å²) in [5, 5.41) is 2.82. The summed E-state index contributed by atoms with van der Waals surface area (Å²) in [6.07, 6.45) is 2.02. The summed E-state index contributed by atoms with van der Waals surface area (Å²) >= 11 is 0. The van der Waals surface area contributed by atoms with Gasteiger partial charge in [0.2, 0.25) is 0 Å². The molecule has 1 N–H and O–H groups in total. The van der Waals surface area contributed by atoms with Crippen LogP contribution in [0.1, 0.15) is 30.9 Å². The van der Waals surface area contributed by atoms with Crippen LogP contribution in [0.5, 0.6) is 5.75 Å². The van der Waals surface area contributed by atoms with Crippen LogP contribution in [0.3, 0.4) is 0 Å². The first-order valence-corrected chi connectivity index (χ1v) is 9.43. The maximum atomic E-state index is 13.4. The Labute approximate surface area is 161 Å². The number of halogens is 1. The molecule has 0 saturated heterocycles. The number of anilines is 1. The quantitative estimate of drug-likeness (QED) is 0.890. The average molecular weight is 378 g/mol. The van der Waals surface area contributed by atoms with Crippen molar-refractivity contribution in [2.75, 3.05) is 11.9 Å². The molecule has 142 valence electrons. The fourth-order valence-electron chi connectivity index (χ4n) is 4.13. The molecule has 2 heterocycles. The van der Waals surface area contributed by atoms with Crippen LogP contribution in [0.15, 0.2) is 42.5 Å². The van der Waals surface area contributed by atoms with Crippen LogP contribution in [0, 0.1) is 5.82 Å². The Bertz CT molecular complexity index is 1020. The van der Waals surface area contributed by atoms with E-state index in [1.807, 2.05) is 30.0 Å². The van der Waals surface area contributed by atoms with Gasteiger partial charge < -0.3 is 15.0 Å². The topological polar surface area (TPSA) is 58.6 Å². The number of ether oxygens (including phenoxy) is 1. The van der Waals surface area contributed by atoms with E-state index in [1.165, 1.54) is 12.1 Å². The summed E-state index contributed by atoms with van der Waals surface area (Å²) in [6.45, 7) is 2.02. The largest absolute Gasteiger partial charge is 0.482 e. The van der Waals surface area contributed by atoms with Crippen molar-refractivity contribution in [3.63, 3.8) is 0 Å². The Morgan fingerprint density at radius 1 is 1.07 bits per heavy atom. The minimum Gasteiger partial charge on any atom is -0.482 e. The van der Waals surface area contributed by atoms with Gasteiger partial charge in [0.15, 0.2) is 6.61 Å². The second-order valence-corrected chi connectivity index (χ2v) is 7.46.